The molecule has 0 aromatic heterocycles. The minimum Gasteiger partial charge on any atom is -0.394 e. The molecule has 0 aromatic carbocycles. The number of carbonyl (C=O) groups is 1. The van der Waals surface area contributed by atoms with Crippen molar-refractivity contribution in [3.63, 3.8) is 0 Å². The fourth-order valence-electron chi connectivity index (χ4n) is 8.60. The second kappa shape index (κ2) is 59.4. The van der Waals surface area contributed by atoms with Crippen LogP contribution in [0.4, 0.5) is 0 Å². The van der Waals surface area contributed by atoms with Crippen molar-refractivity contribution in [2.75, 3.05) is 6.61 Å². The fourth-order valence-corrected chi connectivity index (χ4v) is 8.60. The Labute approximate surface area is 429 Å². The number of allylic oxidation sites excluding steroid dienone is 18. The van der Waals surface area contributed by atoms with Gasteiger partial charge in [-0.1, -0.05) is 303 Å². The first-order valence-electron chi connectivity index (χ1n) is 29.6. The van der Waals surface area contributed by atoms with E-state index in [2.05, 4.69) is 129 Å². The van der Waals surface area contributed by atoms with Crippen LogP contribution in [0.2, 0.25) is 0 Å². The van der Waals surface area contributed by atoms with Gasteiger partial charge in [0.15, 0.2) is 0 Å². The summed E-state index contributed by atoms with van der Waals surface area (Å²) in [4.78, 5) is 12.5. The van der Waals surface area contributed by atoms with E-state index in [1.165, 1.54) is 167 Å². The molecule has 0 aromatic rings. The van der Waals surface area contributed by atoms with Crippen LogP contribution in [-0.2, 0) is 4.79 Å². The minimum absolute atomic E-state index is 0.0902. The summed E-state index contributed by atoms with van der Waals surface area (Å²) in [5, 5.41) is 23.3. The summed E-state index contributed by atoms with van der Waals surface area (Å²) < 4.78 is 0. The highest BCUT2D eigenvalue weighted by Crippen LogP contribution is 2.17. The van der Waals surface area contributed by atoms with Crippen molar-refractivity contribution < 1.29 is 15.0 Å². The Hall–Kier alpha value is -2.95. The highest BCUT2D eigenvalue weighted by atomic mass is 16.3. The Kier molecular flexibility index (Phi) is 56.8. The van der Waals surface area contributed by atoms with Crippen LogP contribution in [0.3, 0.4) is 0 Å². The zero-order valence-electron chi connectivity index (χ0n) is 45.5. The van der Waals surface area contributed by atoms with Crippen LogP contribution in [0.25, 0.3) is 0 Å². The quantitative estimate of drug-likeness (QED) is 0.0420. The van der Waals surface area contributed by atoms with Gasteiger partial charge in [-0.3, -0.25) is 4.79 Å². The number of hydrogen-bond donors (Lipinski definition) is 3. The molecule has 0 aliphatic rings. The molecule has 4 heteroatoms. The van der Waals surface area contributed by atoms with Gasteiger partial charge >= 0.3 is 0 Å². The third-order valence-electron chi connectivity index (χ3n) is 13.0. The first-order chi connectivity index (χ1) is 34.2. The standard InChI is InChI=1S/C65H113NO3/c1-3-5-7-9-11-13-15-17-19-21-23-25-27-29-31-33-35-37-39-41-43-45-47-49-51-53-55-57-59-61-65(69)66-63(62-67)64(68)60-58-56-54-52-50-48-46-44-42-40-38-36-34-32-30-28-26-24-22-20-18-16-14-12-10-8-6-4-2/h5,7,11,13,17,19,23,25,29,31,35,37,41,43,47,49,53,55,63-64,67-68H,3-4,6,8-10,12,14-16,18,20-22,24,26-28,30,32-34,36,38-40,42,44-46,48,50-52,54,56-62H2,1-2H3,(H,66,69)/b7-5-,13-11-,19-17-,25-23-,31-29-,37-35-,43-41-,49-47-,55-53-. The van der Waals surface area contributed by atoms with E-state index in [9.17, 15) is 15.0 Å². The van der Waals surface area contributed by atoms with Gasteiger partial charge < -0.3 is 15.5 Å². The van der Waals surface area contributed by atoms with Crippen molar-refractivity contribution >= 4 is 5.91 Å². The second-order valence-electron chi connectivity index (χ2n) is 19.7. The Balaban J connectivity index is 3.60. The summed E-state index contributed by atoms with van der Waals surface area (Å²) >= 11 is 0. The number of carbonyl (C=O) groups excluding carboxylic acids is 1. The van der Waals surface area contributed by atoms with Gasteiger partial charge in [0.05, 0.1) is 18.8 Å². The maximum Gasteiger partial charge on any atom is 0.220 e. The first kappa shape index (κ1) is 66.0. The topological polar surface area (TPSA) is 69.6 Å². The van der Waals surface area contributed by atoms with Crippen LogP contribution in [-0.4, -0.2) is 34.9 Å². The average molecular weight is 957 g/mol. The van der Waals surface area contributed by atoms with E-state index in [1.54, 1.807) is 0 Å². The summed E-state index contributed by atoms with van der Waals surface area (Å²) in [7, 11) is 0. The van der Waals surface area contributed by atoms with Crippen molar-refractivity contribution in [3.05, 3.63) is 109 Å². The highest BCUT2D eigenvalue weighted by Gasteiger charge is 2.20. The van der Waals surface area contributed by atoms with Crippen molar-refractivity contribution in [3.8, 4) is 0 Å². The van der Waals surface area contributed by atoms with Crippen LogP contribution < -0.4 is 5.32 Å². The molecule has 0 aliphatic heterocycles. The third kappa shape index (κ3) is 55.8. The third-order valence-corrected chi connectivity index (χ3v) is 13.0. The van der Waals surface area contributed by atoms with E-state index >= 15 is 0 Å². The fraction of sp³-hybridized carbons (Fsp3) is 0.708. The number of nitrogens with one attached hydrogen (secondary N) is 1. The van der Waals surface area contributed by atoms with E-state index in [-0.39, 0.29) is 12.5 Å². The lowest BCUT2D eigenvalue weighted by Crippen LogP contribution is -2.45. The second-order valence-corrected chi connectivity index (χ2v) is 19.7. The molecule has 4 nitrogen and oxygen atoms in total. The van der Waals surface area contributed by atoms with Crippen molar-refractivity contribution in [2.24, 2.45) is 0 Å². The maximum atomic E-state index is 12.5. The van der Waals surface area contributed by atoms with Gasteiger partial charge in [-0.2, -0.15) is 0 Å². The van der Waals surface area contributed by atoms with Gasteiger partial charge in [-0.25, -0.2) is 0 Å². The van der Waals surface area contributed by atoms with E-state index in [0.29, 0.717) is 12.8 Å². The van der Waals surface area contributed by atoms with E-state index in [1.807, 2.05) is 0 Å². The number of aliphatic hydroxyl groups excluding tert-OH is 2. The van der Waals surface area contributed by atoms with E-state index in [0.717, 1.165) is 83.5 Å². The Morgan fingerprint density at radius 2 is 0.623 bits per heavy atom. The van der Waals surface area contributed by atoms with Crippen LogP contribution in [0.5, 0.6) is 0 Å². The summed E-state index contributed by atoms with van der Waals surface area (Å²) in [5.41, 5.74) is 0. The molecule has 0 fully saturated rings. The number of hydrogen-bond acceptors (Lipinski definition) is 3. The number of aliphatic hydroxyl groups is 2. The SMILES string of the molecule is CC/C=C\C/C=C\C/C=C\C/C=C\C/C=C\C/C=C\C/C=C\C/C=C\C/C=C\CCCC(=O)NC(CO)C(O)CCCCCCCCCCCCCCCCCCCCCCCCCCCCCC. The monoisotopic (exact) mass is 956 g/mol. The van der Waals surface area contributed by atoms with Crippen LogP contribution in [0.15, 0.2) is 109 Å². The molecule has 396 valence electrons. The molecule has 0 bridgehead atoms. The number of rotatable bonds is 53. The molecule has 0 rings (SSSR count). The summed E-state index contributed by atoms with van der Waals surface area (Å²) in [6.45, 7) is 4.24. The summed E-state index contributed by atoms with van der Waals surface area (Å²) in [6.07, 6.45) is 89.5. The van der Waals surface area contributed by atoms with Gasteiger partial charge in [-0.05, 0) is 77.0 Å². The average Bonchev–Trinajstić information content (AvgIpc) is 3.35. The predicted octanol–water partition coefficient (Wildman–Crippen LogP) is 19.9. The highest BCUT2D eigenvalue weighted by molar-refractivity contribution is 5.76. The zero-order valence-corrected chi connectivity index (χ0v) is 45.5. The maximum absolute atomic E-state index is 12.5. The van der Waals surface area contributed by atoms with Crippen LogP contribution in [0, 0.1) is 0 Å². The molecule has 0 heterocycles. The molecule has 69 heavy (non-hydrogen) atoms. The molecule has 0 aliphatic carbocycles. The van der Waals surface area contributed by atoms with Gasteiger partial charge in [0.25, 0.3) is 0 Å². The molecule has 2 unspecified atom stereocenters. The van der Waals surface area contributed by atoms with E-state index < -0.39 is 12.1 Å². The smallest absolute Gasteiger partial charge is 0.220 e. The largest absolute Gasteiger partial charge is 0.394 e. The van der Waals surface area contributed by atoms with Gasteiger partial charge in [-0.15, -0.1) is 0 Å². The van der Waals surface area contributed by atoms with Crippen LogP contribution >= 0.6 is 0 Å². The van der Waals surface area contributed by atoms with Gasteiger partial charge in [0, 0.05) is 6.42 Å². The minimum atomic E-state index is -0.693. The normalized spacial score (nSPS) is 13.6. The summed E-state index contributed by atoms with van der Waals surface area (Å²) in [5.74, 6) is -0.0902. The lowest BCUT2D eigenvalue weighted by Gasteiger charge is -2.22. The molecule has 2 atom stereocenters. The first-order valence-corrected chi connectivity index (χ1v) is 29.6. The molecule has 1 amide bonds. The van der Waals surface area contributed by atoms with Crippen LogP contribution in [0.1, 0.15) is 277 Å². The lowest BCUT2D eigenvalue weighted by atomic mass is 10.0. The zero-order chi connectivity index (χ0) is 49.9. The predicted molar refractivity (Wildman–Crippen MR) is 308 cm³/mol. The Bertz CT molecular complexity index is 1310. The lowest BCUT2D eigenvalue weighted by molar-refractivity contribution is -0.123. The van der Waals surface area contributed by atoms with Crippen molar-refractivity contribution in [2.45, 2.75) is 289 Å². The van der Waals surface area contributed by atoms with Gasteiger partial charge in [0.2, 0.25) is 5.91 Å². The Morgan fingerprint density at radius 1 is 0.362 bits per heavy atom. The molecule has 0 spiro atoms. The molecular weight excluding hydrogens is 843 g/mol. The number of amides is 1. The van der Waals surface area contributed by atoms with Crippen molar-refractivity contribution in [1.82, 2.24) is 5.32 Å². The molecule has 0 saturated carbocycles. The van der Waals surface area contributed by atoms with E-state index in [4.69, 9.17) is 0 Å². The van der Waals surface area contributed by atoms with Crippen molar-refractivity contribution in [1.29, 1.82) is 0 Å². The molecule has 0 saturated heterocycles. The van der Waals surface area contributed by atoms with Gasteiger partial charge in [0.1, 0.15) is 0 Å². The molecular formula is C65H113NO3. The molecule has 0 radical (unpaired) electrons. The molecule has 3 N–H and O–H groups in total. The summed E-state index contributed by atoms with van der Waals surface area (Å²) in [6, 6.07) is -0.577. The number of unbranched alkanes of at least 4 members (excludes halogenated alkanes) is 28. The Morgan fingerprint density at radius 3 is 0.899 bits per heavy atom.